The normalized spacial score (nSPS) is 29.1. The van der Waals surface area contributed by atoms with E-state index in [9.17, 15) is 8.42 Å². The fourth-order valence-electron chi connectivity index (χ4n) is 3.23. The number of sulfone groups is 1. The summed E-state index contributed by atoms with van der Waals surface area (Å²) in [6.45, 7) is 1.80. The molecule has 0 N–H and O–H groups in total. The lowest BCUT2D eigenvalue weighted by Gasteiger charge is -2.28. The van der Waals surface area contributed by atoms with Gasteiger partial charge >= 0.3 is 0 Å². The highest BCUT2D eigenvalue weighted by atomic mass is 32.2. The third-order valence-corrected chi connectivity index (χ3v) is 6.38. The molecule has 2 saturated heterocycles. The Balaban J connectivity index is 1.83. The van der Waals surface area contributed by atoms with Gasteiger partial charge < -0.3 is 0 Å². The number of benzene rings is 1. The number of rotatable bonds is 2. The van der Waals surface area contributed by atoms with Crippen molar-refractivity contribution >= 4 is 9.84 Å². The molecule has 18 heavy (non-hydrogen) atoms. The molecular formula is C14H19NO2S. The molecule has 0 amide bonds. The van der Waals surface area contributed by atoms with Crippen molar-refractivity contribution in [2.45, 2.75) is 41.9 Å². The summed E-state index contributed by atoms with van der Waals surface area (Å²) in [5.41, 5.74) is 0. The Morgan fingerprint density at radius 1 is 1.11 bits per heavy atom. The van der Waals surface area contributed by atoms with Crippen LogP contribution in [-0.4, -0.2) is 37.7 Å². The summed E-state index contributed by atoms with van der Waals surface area (Å²) in [5, 5.41) is -0.206. The van der Waals surface area contributed by atoms with Crippen LogP contribution in [0.1, 0.15) is 25.7 Å². The van der Waals surface area contributed by atoms with Crippen LogP contribution >= 0.6 is 0 Å². The molecule has 0 bridgehead atoms. The second-order valence-corrected chi connectivity index (χ2v) is 7.59. The number of hydrogen-bond acceptors (Lipinski definition) is 3. The van der Waals surface area contributed by atoms with Gasteiger partial charge in [-0.1, -0.05) is 24.6 Å². The van der Waals surface area contributed by atoms with Crippen LogP contribution in [0.4, 0.5) is 0 Å². The standard InChI is InChI=1S/C14H19NO2S/c16-18(17,13-7-2-1-3-8-13)14-10-12-6-4-5-9-15(12)11-14/h1-3,7-8,12,14H,4-6,9-11H2. The minimum atomic E-state index is -3.14. The zero-order chi connectivity index (χ0) is 12.6. The Morgan fingerprint density at radius 2 is 1.89 bits per heavy atom. The maximum atomic E-state index is 12.6. The van der Waals surface area contributed by atoms with E-state index < -0.39 is 9.84 Å². The van der Waals surface area contributed by atoms with Crippen molar-refractivity contribution < 1.29 is 8.42 Å². The minimum Gasteiger partial charge on any atom is -0.299 e. The molecule has 98 valence electrons. The van der Waals surface area contributed by atoms with Gasteiger partial charge in [0.1, 0.15) is 0 Å². The Labute approximate surface area is 109 Å². The van der Waals surface area contributed by atoms with Crippen molar-refractivity contribution in [3.05, 3.63) is 30.3 Å². The maximum absolute atomic E-state index is 12.6. The first-order valence-corrected chi connectivity index (χ1v) is 8.25. The summed E-state index contributed by atoms with van der Waals surface area (Å²) in [6.07, 6.45) is 4.45. The van der Waals surface area contributed by atoms with Crippen LogP contribution < -0.4 is 0 Å². The van der Waals surface area contributed by atoms with E-state index in [0.717, 1.165) is 19.5 Å². The van der Waals surface area contributed by atoms with Crippen LogP contribution in [0.5, 0.6) is 0 Å². The molecule has 0 aromatic heterocycles. The first-order valence-electron chi connectivity index (χ1n) is 6.71. The number of piperidine rings is 1. The van der Waals surface area contributed by atoms with Crippen LogP contribution in [-0.2, 0) is 9.84 Å². The van der Waals surface area contributed by atoms with Crippen molar-refractivity contribution in [2.24, 2.45) is 0 Å². The molecule has 2 unspecified atom stereocenters. The molecule has 2 aliphatic heterocycles. The molecule has 1 aromatic carbocycles. The smallest absolute Gasteiger partial charge is 0.182 e. The molecule has 0 aliphatic carbocycles. The molecule has 4 heteroatoms. The Hall–Kier alpha value is -0.870. The predicted molar refractivity (Wildman–Crippen MR) is 71.2 cm³/mol. The van der Waals surface area contributed by atoms with Crippen LogP contribution in [0.3, 0.4) is 0 Å². The van der Waals surface area contributed by atoms with E-state index in [2.05, 4.69) is 4.90 Å². The van der Waals surface area contributed by atoms with Gasteiger partial charge in [0.15, 0.2) is 9.84 Å². The fourth-order valence-corrected chi connectivity index (χ4v) is 5.02. The largest absolute Gasteiger partial charge is 0.299 e. The van der Waals surface area contributed by atoms with E-state index in [4.69, 9.17) is 0 Å². The molecule has 2 aliphatic rings. The SMILES string of the molecule is O=S(=O)(c1ccccc1)C1CC2CCCCN2C1. The van der Waals surface area contributed by atoms with Gasteiger partial charge in [0.05, 0.1) is 10.1 Å². The first-order chi connectivity index (χ1) is 8.68. The van der Waals surface area contributed by atoms with Gasteiger partial charge in [-0.3, -0.25) is 4.90 Å². The average Bonchev–Trinajstić information content (AvgIpc) is 2.84. The second kappa shape index (κ2) is 4.67. The zero-order valence-corrected chi connectivity index (χ0v) is 11.3. The molecular weight excluding hydrogens is 246 g/mol. The maximum Gasteiger partial charge on any atom is 0.182 e. The molecule has 2 fully saturated rings. The van der Waals surface area contributed by atoms with Crippen LogP contribution in [0, 0.1) is 0 Å². The first kappa shape index (κ1) is 12.2. The van der Waals surface area contributed by atoms with Crippen molar-refractivity contribution in [3.63, 3.8) is 0 Å². The van der Waals surface area contributed by atoms with Gasteiger partial charge in [0.2, 0.25) is 0 Å². The van der Waals surface area contributed by atoms with E-state index in [-0.39, 0.29) is 5.25 Å². The summed E-state index contributed by atoms with van der Waals surface area (Å²) in [7, 11) is -3.14. The molecule has 1 aromatic rings. The van der Waals surface area contributed by atoms with Gasteiger partial charge in [0, 0.05) is 12.6 Å². The predicted octanol–water partition coefficient (Wildman–Crippen LogP) is 2.09. The lowest BCUT2D eigenvalue weighted by atomic mass is 10.0. The lowest BCUT2D eigenvalue weighted by Crippen LogP contribution is -2.34. The summed E-state index contributed by atoms with van der Waals surface area (Å²) in [4.78, 5) is 2.85. The third kappa shape index (κ3) is 2.08. The van der Waals surface area contributed by atoms with Gasteiger partial charge in [-0.25, -0.2) is 8.42 Å². The summed E-state index contributed by atoms with van der Waals surface area (Å²) in [5.74, 6) is 0. The highest BCUT2D eigenvalue weighted by molar-refractivity contribution is 7.92. The fraction of sp³-hybridized carbons (Fsp3) is 0.571. The number of fused-ring (bicyclic) bond motifs is 1. The molecule has 3 rings (SSSR count). The molecule has 2 heterocycles. The van der Waals surface area contributed by atoms with Crippen molar-refractivity contribution in [3.8, 4) is 0 Å². The van der Waals surface area contributed by atoms with Crippen LogP contribution in [0.2, 0.25) is 0 Å². The lowest BCUT2D eigenvalue weighted by molar-refractivity contribution is 0.198. The van der Waals surface area contributed by atoms with Crippen molar-refractivity contribution in [2.75, 3.05) is 13.1 Å². The van der Waals surface area contributed by atoms with E-state index in [1.807, 2.05) is 6.07 Å². The molecule has 3 nitrogen and oxygen atoms in total. The molecule has 0 saturated carbocycles. The Kier molecular flexibility index (Phi) is 3.16. The molecule has 0 spiro atoms. The molecule has 2 atom stereocenters. The van der Waals surface area contributed by atoms with E-state index in [1.165, 1.54) is 19.3 Å². The van der Waals surface area contributed by atoms with Gasteiger partial charge in [-0.05, 0) is 37.9 Å². The number of hydrogen-bond donors (Lipinski definition) is 0. The van der Waals surface area contributed by atoms with Crippen LogP contribution in [0.25, 0.3) is 0 Å². The van der Waals surface area contributed by atoms with E-state index in [0.29, 0.717) is 10.9 Å². The average molecular weight is 265 g/mol. The third-order valence-electron chi connectivity index (χ3n) is 4.23. The van der Waals surface area contributed by atoms with Gasteiger partial charge in [-0.2, -0.15) is 0 Å². The highest BCUT2D eigenvalue weighted by Crippen LogP contribution is 2.32. The minimum absolute atomic E-state index is 0.206. The van der Waals surface area contributed by atoms with Crippen LogP contribution in [0.15, 0.2) is 35.2 Å². The monoisotopic (exact) mass is 265 g/mol. The van der Waals surface area contributed by atoms with Crippen molar-refractivity contribution in [1.29, 1.82) is 0 Å². The van der Waals surface area contributed by atoms with E-state index >= 15 is 0 Å². The summed E-state index contributed by atoms with van der Waals surface area (Å²) in [6, 6.07) is 9.39. The van der Waals surface area contributed by atoms with Crippen molar-refractivity contribution in [1.82, 2.24) is 4.90 Å². The summed E-state index contributed by atoms with van der Waals surface area (Å²) < 4.78 is 25.1. The highest BCUT2D eigenvalue weighted by Gasteiger charge is 2.40. The Morgan fingerprint density at radius 3 is 2.61 bits per heavy atom. The van der Waals surface area contributed by atoms with Gasteiger partial charge in [0.25, 0.3) is 0 Å². The molecule has 0 radical (unpaired) electrons. The second-order valence-electron chi connectivity index (χ2n) is 5.36. The quantitative estimate of drug-likeness (QED) is 0.821. The zero-order valence-electron chi connectivity index (χ0n) is 10.5. The Bertz CT molecular complexity index is 498. The topological polar surface area (TPSA) is 37.4 Å². The van der Waals surface area contributed by atoms with E-state index in [1.54, 1.807) is 24.3 Å². The van der Waals surface area contributed by atoms with Gasteiger partial charge in [-0.15, -0.1) is 0 Å². The number of nitrogens with zero attached hydrogens (tertiary/aromatic N) is 1. The summed E-state index contributed by atoms with van der Waals surface area (Å²) >= 11 is 0.